The largest absolute Gasteiger partial charge is 0.497 e. The molecule has 1 N–H and O–H groups in total. The number of methoxy groups -OCH3 is 1. The van der Waals surface area contributed by atoms with E-state index in [0.29, 0.717) is 5.56 Å². The van der Waals surface area contributed by atoms with Gasteiger partial charge in [0.15, 0.2) is 0 Å². The zero-order chi connectivity index (χ0) is 14.5. The predicted molar refractivity (Wildman–Crippen MR) is 79.7 cm³/mol. The van der Waals surface area contributed by atoms with Crippen LogP contribution < -0.4 is 10.1 Å². The molecule has 2 aromatic rings. The average Bonchev–Trinajstić information content (AvgIpc) is 2.48. The van der Waals surface area contributed by atoms with E-state index in [1.165, 1.54) is 6.07 Å². The van der Waals surface area contributed by atoms with E-state index >= 15 is 0 Å². The van der Waals surface area contributed by atoms with Crippen molar-refractivity contribution in [3.05, 3.63) is 65.0 Å². The molecule has 2 rings (SSSR count). The lowest BCUT2D eigenvalue weighted by molar-refractivity contribution is 0.414. The summed E-state index contributed by atoms with van der Waals surface area (Å²) in [7, 11) is 1.65. The van der Waals surface area contributed by atoms with Crippen molar-refractivity contribution >= 4 is 0 Å². The zero-order valence-electron chi connectivity index (χ0n) is 12.1. The summed E-state index contributed by atoms with van der Waals surface area (Å²) in [5, 5.41) is 3.44. The molecule has 2 aromatic carbocycles. The lowest BCUT2D eigenvalue weighted by Crippen LogP contribution is -2.22. The third kappa shape index (κ3) is 3.17. The molecule has 20 heavy (non-hydrogen) atoms. The number of nitrogens with one attached hydrogen (secondary N) is 1. The van der Waals surface area contributed by atoms with Crippen LogP contribution in [0.1, 0.15) is 29.7 Å². The summed E-state index contributed by atoms with van der Waals surface area (Å²) in [4.78, 5) is 0. The van der Waals surface area contributed by atoms with Crippen LogP contribution in [0, 0.1) is 12.7 Å². The first-order valence-electron chi connectivity index (χ1n) is 6.79. The van der Waals surface area contributed by atoms with Crippen molar-refractivity contribution in [1.82, 2.24) is 5.32 Å². The van der Waals surface area contributed by atoms with Crippen LogP contribution in [0.5, 0.6) is 5.75 Å². The van der Waals surface area contributed by atoms with Crippen LogP contribution in [0.4, 0.5) is 4.39 Å². The van der Waals surface area contributed by atoms with Gasteiger partial charge in [-0.1, -0.05) is 31.2 Å². The Morgan fingerprint density at radius 2 is 1.75 bits per heavy atom. The molecule has 106 valence electrons. The summed E-state index contributed by atoms with van der Waals surface area (Å²) in [5.74, 6) is 0.665. The highest BCUT2D eigenvalue weighted by Crippen LogP contribution is 2.25. The van der Waals surface area contributed by atoms with Crippen LogP contribution in [0.15, 0.2) is 42.5 Å². The first-order chi connectivity index (χ1) is 9.65. The lowest BCUT2D eigenvalue weighted by Gasteiger charge is -2.20. The summed E-state index contributed by atoms with van der Waals surface area (Å²) in [6.07, 6.45) is 0. The Labute approximate surface area is 119 Å². The number of aryl methyl sites for hydroxylation is 1. The summed E-state index contributed by atoms with van der Waals surface area (Å²) >= 11 is 0. The minimum atomic E-state index is -0.168. The van der Waals surface area contributed by atoms with Gasteiger partial charge >= 0.3 is 0 Å². The van der Waals surface area contributed by atoms with Crippen molar-refractivity contribution in [1.29, 1.82) is 0 Å². The molecule has 0 saturated heterocycles. The van der Waals surface area contributed by atoms with Crippen molar-refractivity contribution in [2.24, 2.45) is 0 Å². The smallest absolute Gasteiger partial charge is 0.126 e. The maximum Gasteiger partial charge on any atom is 0.126 e. The molecular weight excluding hydrogens is 253 g/mol. The third-order valence-corrected chi connectivity index (χ3v) is 3.37. The van der Waals surface area contributed by atoms with E-state index in [1.807, 2.05) is 36.4 Å². The fourth-order valence-electron chi connectivity index (χ4n) is 2.28. The maximum atomic E-state index is 13.4. The zero-order valence-corrected chi connectivity index (χ0v) is 12.1. The molecule has 0 aliphatic heterocycles. The molecule has 3 heteroatoms. The highest BCUT2D eigenvalue weighted by Gasteiger charge is 2.14. The van der Waals surface area contributed by atoms with Gasteiger partial charge < -0.3 is 10.1 Å². The van der Waals surface area contributed by atoms with Gasteiger partial charge in [0.1, 0.15) is 11.6 Å². The maximum absolute atomic E-state index is 13.4. The van der Waals surface area contributed by atoms with Gasteiger partial charge in [0.05, 0.1) is 13.2 Å². The van der Waals surface area contributed by atoms with E-state index in [4.69, 9.17) is 4.74 Å². The highest BCUT2D eigenvalue weighted by molar-refractivity contribution is 5.37. The topological polar surface area (TPSA) is 21.3 Å². The number of rotatable bonds is 5. The van der Waals surface area contributed by atoms with E-state index in [9.17, 15) is 4.39 Å². The second kappa shape index (κ2) is 6.53. The molecule has 0 bridgehead atoms. The molecule has 0 heterocycles. The normalized spacial score (nSPS) is 12.2. The number of ether oxygens (including phenoxy) is 1. The van der Waals surface area contributed by atoms with Gasteiger partial charge in [0.25, 0.3) is 0 Å². The Hall–Kier alpha value is -1.87. The van der Waals surface area contributed by atoms with Gasteiger partial charge in [-0.05, 0) is 48.4 Å². The Bertz CT molecular complexity index is 566. The van der Waals surface area contributed by atoms with Crippen LogP contribution in [0.25, 0.3) is 0 Å². The first-order valence-corrected chi connectivity index (χ1v) is 6.79. The Balaban J connectivity index is 2.35. The van der Waals surface area contributed by atoms with E-state index in [0.717, 1.165) is 23.4 Å². The van der Waals surface area contributed by atoms with E-state index in [1.54, 1.807) is 14.0 Å². The third-order valence-electron chi connectivity index (χ3n) is 3.37. The summed E-state index contributed by atoms with van der Waals surface area (Å²) in [6.45, 7) is 4.69. The number of benzene rings is 2. The molecule has 0 amide bonds. The minimum Gasteiger partial charge on any atom is -0.497 e. The second-order valence-corrected chi connectivity index (χ2v) is 4.77. The molecule has 0 aliphatic rings. The molecule has 0 fully saturated rings. The molecule has 0 radical (unpaired) electrons. The van der Waals surface area contributed by atoms with E-state index in [-0.39, 0.29) is 11.9 Å². The van der Waals surface area contributed by atoms with Crippen molar-refractivity contribution in [3.63, 3.8) is 0 Å². The van der Waals surface area contributed by atoms with Crippen LogP contribution in [-0.4, -0.2) is 13.7 Å². The number of hydrogen-bond acceptors (Lipinski definition) is 2. The van der Waals surface area contributed by atoms with Gasteiger partial charge in [0.2, 0.25) is 0 Å². The summed E-state index contributed by atoms with van der Waals surface area (Å²) < 4.78 is 18.6. The van der Waals surface area contributed by atoms with Gasteiger partial charge in [0, 0.05) is 0 Å². The number of halogens is 1. The second-order valence-electron chi connectivity index (χ2n) is 4.77. The standard InChI is InChI=1S/C17H20FNO/c1-4-19-17(13-5-8-15(20-3)9-6-13)14-7-10-16(18)12(2)11-14/h5-11,17,19H,4H2,1-3H3. The lowest BCUT2D eigenvalue weighted by atomic mass is 9.97. The Morgan fingerprint density at radius 3 is 2.30 bits per heavy atom. The van der Waals surface area contributed by atoms with Gasteiger partial charge in [-0.3, -0.25) is 0 Å². The Morgan fingerprint density at radius 1 is 1.10 bits per heavy atom. The molecule has 1 unspecified atom stereocenters. The molecule has 2 nitrogen and oxygen atoms in total. The van der Waals surface area contributed by atoms with E-state index < -0.39 is 0 Å². The van der Waals surface area contributed by atoms with Crippen molar-refractivity contribution in [3.8, 4) is 5.75 Å². The molecule has 0 aliphatic carbocycles. The predicted octanol–water partition coefficient (Wildman–Crippen LogP) is 3.84. The first kappa shape index (κ1) is 14.5. The van der Waals surface area contributed by atoms with Crippen molar-refractivity contribution in [2.45, 2.75) is 19.9 Å². The summed E-state index contributed by atoms with van der Waals surface area (Å²) in [5.41, 5.74) is 2.87. The fourth-order valence-corrected chi connectivity index (χ4v) is 2.28. The minimum absolute atomic E-state index is 0.0604. The van der Waals surface area contributed by atoms with Crippen molar-refractivity contribution < 1.29 is 9.13 Å². The van der Waals surface area contributed by atoms with Crippen LogP contribution in [0.3, 0.4) is 0 Å². The monoisotopic (exact) mass is 273 g/mol. The van der Waals surface area contributed by atoms with Crippen molar-refractivity contribution in [2.75, 3.05) is 13.7 Å². The van der Waals surface area contributed by atoms with Gasteiger partial charge in [-0.2, -0.15) is 0 Å². The van der Waals surface area contributed by atoms with Crippen LogP contribution in [-0.2, 0) is 0 Å². The molecular formula is C17H20FNO. The summed E-state index contributed by atoms with van der Waals surface area (Å²) in [6, 6.07) is 13.3. The highest BCUT2D eigenvalue weighted by atomic mass is 19.1. The molecule has 0 aromatic heterocycles. The quantitative estimate of drug-likeness (QED) is 0.893. The Kier molecular flexibility index (Phi) is 4.74. The number of hydrogen-bond donors (Lipinski definition) is 1. The molecule has 1 atom stereocenters. The van der Waals surface area contributed by atoms with Gasteiger partial charge in [-0.25, -0.2) is 4.39 Å². The molecule has 0 saturated carbocycles. The van der Waals surface area contributed by atoms with Crippen LogP contribution in [0.2, 0.25) is 0 Å². The SMILES string of the molecule is CCNC(c1ccc(OC)cc1)c1ccc(F)c(C)c1. The average molecular weight is 273 g/mol. The molecule has 0 spiro atoms. The van der Waals surface area contributed by atoms with Gasteiger partial charge in [-0.15, -0.1) is 0 Å². The van der Waals surface area contributed by atoms with Crippen LogP contribution >= 0.6 is 0 Å². The van der Waals surface area contributed by atoms with E-state index in [2.05, 4.69) is 12.2 Å². The fraction of sp³-hybridized carbons (Fsp3) is 0.294.